The second kappa shape index (κ2) is 9.78. The molecule has 0 N–H and O–H groups in total. The van der Waals surface area contributed by atoms with Crippen molar-refractivity contribution < 1.29 is 28.5 Å². The topological polar surface area (TPSA) is 71.1 Å². The Morgan fingerprint density at radius 1 is 0.897 bits per heavy atom. The molecule has 0 aliphatic heterocycles. The second-order valence-corrected chi connectivity index (χ2v) is 6.53. The number of Topliss-reactive ketones (excluding diaryl/α,β-unsaturated/α-hetero) is 1. The van der Waals surface area contributed by atoms with Crippen molar-refractivity contribution in [1.29, 1.82) is 0 Å². The number of hydrogen-bond acceptors (Lipinski definition) is 6. The summed E-state index contributed by atoms with van der Waals surface area (Å²) in [6.07, 6.45) is 1.92. The van der Waals surface area contributed by atoms with E-state index in [0.717, 1.165) is 11.1 Å². The smallest absolute Gasteiger partial charge is 0.331 e. The minimum atomic E-state index is -0.894. The summed E-state index contributed by atoms with van der Waals surface area (Å²) < 4.78 is 21.1. The Bertz CT molecular complexity index is 904. The molecule has 0 saturated heterocycles. The SMILES string of the molecule is COc1cc(/C=C/C(=O)O[C@@H](C)C(=O)c2ccc(C)c(C)c2)cc(OC)c1OC. The highest BCUT2D eigenvalue weighted by molar-refractivity contribution is 6.01. The molecule has 0 aromatic heterocycles. The van der Waals surface area contributed by atoms with Gasteiger partial charge in [-0.3, -0.25) is 4.79 Å². The second-order valence-electron chi connectivity index (χ2n) is 6.53. The van der Waals surface area contributed by atoms with E-state index >= 15 is 0 Å². The largest absolute Gasteiger partial charge is 0.493 e. The van der Waals surface area contributed by atoms with Gasteiger partial charge in [0, 0.05) is 11.6 Å². The van der Waals surface area contributed by atoms with Crippen LogP contribution in [0, 0.1) is 13.8 Å². The van der Waals surface area contributed by atoms with Crippen LogP contribution in [-0.4, -0.2) is 39.2 Å². The number of carbonyl (C=O) groups is 2. The summed E-state index contributed by atoms with van der Waals surface area (Å²) in [6, 6.07) is 8.82. The van der Waals surface area contributed by atoms with Gasteiger partial charge < -0.3 is 18.9 Å². The molecule has 0 fully saturated rings. The molecule has 1 atom stereocenters. The van der Waals surface area contributed by atoms with E-state index in [1.54, 1.807) is 37.3 Å². The fourth-order valence-electron chi connectivity index (χ4n) is 2.76. The average Bonchev–Trinajstić information content (AvgIpc) is 2.72. The summed E-state index contributed by atoms with van der Waals surface area (Å²) in [5.41, 5.74) is 3.28. The molecule has 29 heavy (non-hydrogen) atoms. The van der Waals surface area contributed by atoms with Gasteiger partial charge in [0.1, 0.15) is 0 Å². The highest BCUT2D eigenvalue weighted by Gasteiger charge is 2.19. The summed E-state index contributed by atoms with van der Waals surface area (Å²) in [5, 5.41) is 0. The molecule has 2 aromatic rings. The summed E-state index contributed by atoms with van der Waals surface area (Å²) in [4.78, 5) is 24.7. The van der Waals surface area contributed by atoms with E-state index < -0.39 is 12.1 Å². The Kier molecular flexibility index (Phi) is 7.42. The lowest BCUT2D eigenvalue weighted by molar-refractivity contribution is -0.140. The van der Waals surface area contributed by atoms with Gasteiger partial charge in [-0.25, -0.2) is 4.79 Å². The lowest BCUT2D eigenvalue weighted by atomic mass is 10.0. The van der Waals surface area contributed by atoms with Crippen LogP contribution >= 0.6 is 0 Å². The number of rotatable bonds is 8. The van der Waals surface area contributed by atoms with Gasteiger partial charge in [0.05, 0.1) is 21.3 Å². The third kappa shape index (κ3) is 5.38. The maximum absolute atomic E-state index is 12.5. The van der Waals surface area contributed by atoms with Crippen molar-refractivity contribution in [1.82, 2.24) is 0 Å². The molecule has 0 saturated carbocycles. The quantitative estimate of drug-likeness (QED) is 0.378. The Morgan fingerprint density at radius 2 is 1.52 bits per heavy atom. The molecule has 0 unspecified atom stereocenters. The lowest BCUT2D eigenvalue weighted by Crippen LogP contribution is -2.23. The molecule has 2 rings (SSSR count). The van der Waals surface area contributed by atoms with Crippen molar-refractivity contribution in [2.24, 2.45) is 0 Å². The zero-order valence-corrected chi connectivity index (χ0v) is 17.6. The number of esters is 1. The van der Waals surface area contributed by atoms with Crippen LogP contribution in [0.2, 0.25) is 0 Å². The molecule has 0 aliphatic rings. The number of aryl methyl sites for hydroxylation is 2. The fourth-order valence-corrected chi connectivity index (χ4v) is 2.76. The predicted molar refractivity (Wildman–Crippen MR) is 111 cm³/mol. The highest BCUT2D eigenvalue weighted by Crippen LogP contribution is 2.38. The van der Waals surface area contributed by atoms with Crippen molar-refractivity contribution >= 4 is 17.8 Å². The monoisotopic (exact) mass is 398 g/mol. The van der Waals surface area contributed by atoms with Crippen LogP contribution in [0.3, 0.4) is 0 Å². The fraction of sp³-hybridized carbons (Fsp3) is 0.304. The minimum Gasteiger partial charge on any atom is -0.493 e. The zero-order valence-electron chi connectivity index (χ0n) is 17.6. The average molecular weight is 398 g/mol. The maximum Gasteiger partial charge on any atom is 0.331 e. The first-order valence-corrected chi connectivity index (χ1v) is 9.10. The predicted octanol–water partition coefficient (Wildman–Crippen LogP) is 4.16. The third-order valence-electron chi connectivity index (χ3n) is 4.55. The Morgan fingerprint density at radius 3 is 2.03 bits per heavy atom. The number of methoxy groups -OCH3 is 3. The first-order chi connectivity index (χ1) is 13.8. The Balaban J connectivity index is 2.10. The van der Waals surface area contributed by atoms with E-state index in [2.05, 4.69) is 0 Å². The Labute approximate surface area is 171 Å². The van der Waals surface area contributed by atoms with Gasteiger partial charge in [-0.2, -0.15) is 0 Å². The number of carbonyl (C=O) groups excluding carboxylic acids is 2. The molecular weight excluding hydrogens is 372 g/mol. The van der Waals surface area contributed by atoms with Gasteiger partial charge in [0.25, 0.3) is 0 Å². The van der Waals surface area contributed by atoms with Crippen LogP contribution in [0.1, 0.15) is 34.0 Å². The molecule has 0 heterocycles. The van der Waals surface area contributed by atoms with E-state index in [0.29, 0.717) is 28.4 Å². The first kappa shape index (κ1) is 22.0. The van der Waals surface area contributed by atoms with Crippen LogP contribution in [0.25, 0.3) is 6.08 Å². The zero-order chi connectivity index (χ0) is 21.6. The number of benzene rings is 2. The van der Waals surface area contributed by atoms with Gasteiger partial charge in [-0.05, 0) is 61.7 Å². The minimum absolute atomic E-state index is 0.248. The van der Waals surface area contributed by atoms with Crippen LogP contribution in [0.5, 0.6) is 17.2 Å². The van der Waals surface area contributed by atoms with E-state index in [9.17, 15) is 9.59 Å². The maximum atomic E-state index is 12.5. The van der Waals surface area contributed by atoms with Gasteiger partial charge in [-0.1, -0.05) is 12.1 Å². The Hall–Kier alpha value is -3.28. The van der Waals surface area contributed by atoms with E-state index in [1.165, 1.54) is 27.4 Å². The van der Waals surface area contributed by atoms with Crippen LogP contribution < -0.4 is 14.2 Å². The van der Waals surface area contributed by atoms with Gasteiger partial charge in [0.2, 0.25) is 11.5 Å². The van der Waals surface area contributed by atoms with Crippen molar-refractivity contribution in [3.63, 3.8) is 0 Å². The highest BCUT2D eigenvalue weighted by atomic mass is 16.5. The molecule has 0 amide bonds. The summed E-state index contributed by atoms with van der Waals surface area (Å²) >= 11 is 0. The lowest BCUT2D eigenvalue weighted by Gasteiger charge is -2.13. The van der Waals surface area contributed by atoms with Crippen LogP contribution in [0.15, 0.2) is 36.4 Å². The van der Waals surface area contributed by atoms with Crippen molar-refractivity contribution in [3.8, 4) is 17.2 Å². The number of ether oxygens (including phenoxy) is 4. The van der Waals surface area contributed by atoms with E-state index in [1.807, 2.05) is 19.9 Å². The van der Waals surface area contributed by atoms with Crippen LogP contribution in [0.4, 0.5) is 0 Å². The van der Waals surface area contributed by atoms with E-state index in [-0.39, 0.29) is 5.78 Å². The van der Waals surface area contributed by atoms with Gasteiger partial charge >= 0.3 is 5.97 Å². The molecule has 6 nitrogen and oxygen atoms in total. The van der Waals surface area contributed by atoms with Gasteiger partial charge in [0.15, 0.2) is 17.6 Å². The normalized spacial score (nSPS) is 11.8. The molecule has 6 heteroatoms. The van der Waals surface area contributed by atoms with Gasteiger partial charge in [-0.15, -0.1) is 0 Å². The molecular formula is C23H26O6. The summed E-state index contributed by atoms with van der Waals surface area (Å²) in [7, 11) is 4.54. The summed E-state index contributed by atoms with van der Waals surface area (Å²) in [6.45, 7) is 5.46. The molecule has 154 valence electrons. The third-order valence-corrected chi connectivity index (χ3v) is 4.55. The number of hydrogen-bond donors (Lipinski definition) is 0. The van der Waals surface area contributed by atoms with Crippen molar-refractivity contribution in [2.45, 2.75) is 26.9 Å². The van der Waals surface area contributed by atoms with Crippen LogP contribution in [-0.2, 0) is 9.53 Å². The number of ketones is 1. The molecule has 2 aromatic carbocycles. The molecule has 0 spiro atoms. The standard InChI is InChI=1S/C23H26O6/c1-14-7-9-18(11-15(14)2)22(25)16(3)29-21(24)10-8-17-12-19(26-4)23(28-6)20(13-17)27-5/h7-13,16H,1-6H3/b10-8+/t16-/m0/s1. The molecule has 0 radical (unpaired) electrons. The summed E-state index contributed by atoms with van der Waals surface area (Å²) in [5.74, 6) is 0.532. The first-order valence-electron chi connectivity index (χ1n) is 9.10. The van der Waals surface area contributed by atoms with E-state index in [4.69, 9.17) is 18.9 Å². The molecule has 0 bridgehead atoms. The van der Waals surface area contributed by atoms with Crippen molar-refractivity contribution in [2.75, 3.05) is 21.3 Å². The molecule has 0 aliphatic carbocycles. The van der Waals surface area contributed by atoms with Crippen molar-refractivity contribution in [3.05, 3.63) is 58.7 Å².